The van der Waals surface area contributed by atoms with Gasteiger partial charge in [-0.15, -0.1) is 11.3 Å². The van der Waals surface area contributed by atoms with Crippen molar-refractivity contribution in [1.82, 2.24) is 14.8 Å². The average molecular weight is 264 g/mol. The summed E-state index contributed by atoms with van der Waals surface area (Å²) in [5.41, 5.74) is 2.01. The molecule has 0 spiro atoms. The molecule has 0 amide bonds. The number of thiazole rings is 1. The lowest BCUT2D eigenvalue weighted by Gasteiger charge is -2.02. The van der Waals surface area contributed by atoms with Gasteiger partial charge in [0.05, 0.1) is 17.0 Å². The van der Waals surface area contributed by atoms with Crippen LogP contribution in [0.5, 0.6) is 0 Å². The third-order valence-electron chi connectivity index (χ3n) is 2.49. The Hall–Kier alpha value is -1.69. The Morgan fingerprint density at radius 2 is 2.28 bits per heavy atom. The molecule has 2 heterocycles. The van der Waals surface area contributed by atoms with Gasteiger partial charge in [0.1, 0.15) is 0 Å². The van der Waals surface area contributed by atoms with Gasteiger partial charge in [0.25, 0.3) is 5.56 Å². The molecule has 2 aromatic rings. The summed E-state index contributed by atoms with van der Waals surface area (Å²) < 4.78 is 1.35. The van der Waals surface area contributed by atoms with E-state index in [0.717, 1.165) is 23.8 Å². The summed E-state index contributed by atoms with van der Waals surface area (Å²) in [5.74, 6) is 0. The maximum absolute atomic E-state index is 12.0. The minimum absolute atomic E-state index is 0.118. The van der Waals surface area contributed by atoms with Crippen molar-refractivity contribution >= 4 is 16.5 Å². The second-order valence-corrected chi connectivity index (χ2v) is 4.95. The number of hydrogen-bond acceptors (Lipinski definition) is 5. The SMILES string of the molecule is CCCNc1nc(-c2cc(C)nn(C)c2=O)cs1. The summed E-state index contributed by atoms with van der Waals surface area (Å²) in [7, 11) is 1.65. The van der Waals surface area contributed by atoms with Crippen LogP contribution in [0.2, 0.25) is 0 Å². The van der Waals surface area contributed by atoms with Crippen LogP contribution in [0.4, 0.5) is 5.13 Å². The molecule has 96 valence electrons. The summed E-state index contributed by atoms with van der Waals surface area (Å²) in [6.07, 6.45) is 1.05. The first-order valence-corrected chi connectivity index (χ1v) is 6.74. The summed E-state index contributed by atoms with van der Waals surface area (Å²) >= 11 is 1.51. The van der Waals surface area contributed by atoms with Gasteiger partial charge in [0, 0.05) is 19.0 Å². The quantitative estimate of drug-likeness (QED) is 0.918. The molecule has 5 nitrogen and oxygen atoms in total. The first-order valence-electron chi connectivity index (χ1n) is 5.86. The fourth-order valence-electron chi connectivity index (χ4n) is 1.65. The van der Waals surface area contributed by atoms with Crippen molar-refractivity contribution in [2.45, 2.75) is 20.3 Å². The van der Waals surface area contributed by atoms with Gasteiger partial charge >= 0.3 is 0 Å². The van der Waals surface area contributed by atoms with Gasteiger partial charge in [-0.05, 0) is 19.4 Å². The van der Waals surface area contributed by atoms with E-state index in [0.29, 0.717) is 11.3 Å². The fourth-order valence-corrected chi connectivity index (χ4v) is 2.39. The summed E-state index contributed by atoms with van der Waals surface area (Å²) in [5, 5.41) is 10.0. The van der Waals surface area contributed by atoms with Gasteiger partial charge < -0.3 is 5.32 Å². The largest absolute Gasteiger partial charge is 0.362 e. The third-order valence-corrected chi connectivity index (χ3v) is 3.29. The van der Waals surface area contributed by atoms with Crippen molar-refractivity contribution in [3.05, 3.63) is 27.5 Å². The fraction of sp³-hybridized carbons (Fsp3) is 0.417. The van der Waals surface area contributed by atoms with Gasteiger partial charge in [0.2, 0.25) is 0 Å². The molecule has 2 rings (SSSR count). The first-order chi connectivity index (χ1) is 8.61. The first kappa shape index (κ1) is 12.8. The standard InChI is InChI=1S/C12H16N4OS/c1-4-5-13-12-14-10(7-18-12)9-6-8(2)15-16(3)11(9)17/h6-7H,4-5H2,1-3H3,(H,13,14). The number of aromatic nitrogens is 3. The van der Waals surface area contributed by atoms with Gasteiger partial charge in [-0.25, -0.2) is 9.67 Å². The summed E-state index contributed by atoms with van der Waals surface area (Å²) in [6, 6.07) is 1.78. The van der Waals surface area contributed by atoms with Gasteiger partial charge in [0.15, 0.2) is 5.13 Å². The molecule has 1 N–H and O–H groups in total. The molecule has 0 saturated heterocycles. The predicted octanol–water partition coefficient (Wildman–Crippen LogP) is 2.03. The number of anilines is 1. The second kappa shape index (κ2) is 5.30. The highest BCUT2D eigenvalue weighted by Crippen LogP contribution is 2.22. The Labute approximate surface area is 110 Å². The number of aryl methyl sites for hydroxylation is 2. The monoisotopic (exact) mass is 264 g/mol. The van der Waals surface area contributed by atoms with E-state index in [-0.39, 0.29) is 5.56 Å². The van der Waals surface area contributed by atoms with Crippen LogP contribution in [-0.2, 0) is 7.05 Å². The molecule has 6 heteroatoms. The summed E-state index contributed by atoms with van der Waals surface area (Å²) in [4.78, 5) is 16.4. The molecule has 0 atom stereocenters. The molecule has 0 aliphatic carbocycles. The van der Waals surface area contributed by atoms with Crippen molar-refractivity contribution in [3.63, 3.8) is 0 Å². The predicted molar refractivity (Wildman–Crippen MR) is 74.1 cm³/mol. The Bertz CT molecular complexity index is 602. The average Bonchev–Trinajstić information content (AvgIpc) is 2.79. The Kier molecular flexibility index (Phi) is 3.76. The highest BCUT2D eigenvalue weighted by molar-refractivity contribution is 7.14. The van der Waals surface area contributed by atoms with E-state index < -0.39 is 0 Å². The molecule has 0 radical (unpaired) electrons. The van der Waals surface area contributed by atoms with Crippen LogP contribution in [0.25, 0.3) is 11.3 Å². The second-order valence-electron chi connectivity index (χ2n) is 4.09. The zero-order valence-corrected chi connectivity index (χ0v) is 11.5. The summed E-state index contributed by atoms with van der Waals surface area (Å²) in [6.45, 7) is 4.86. The third kappa shape index (κ3) is 2.59. The Morgan fingerprint density at radius 1 is 1.50 bits per heavy atom. The molecule has 2 aromatic heterocycles. The minimum atomic E-state index is -0.118. The van der Waals surface area contributed by atoms with Crippen LogP contribution < -0.4 is 10.9 Å². The molecular weight excluding hydrogens is 248 g/mol. The topological polar surface area (TPSA) is 59.8 Å². The van der Waals surface area contributed by atoms with Crippen molar-refractivity contribution in [3.8, 4) is 11.3 Å². The van der Waals surface area contributed by atoms with E-state index in [1.165, 1.54) is 16.0 Å². The van der Waals surface area contributed by atoms with Crippen molar-refractivity contribution < 1.29 is 0 Å². The van der Waals surface area contributed by atoms with Crippen molar-refractivity contribution in [2.24, 2.45) is 7.05 Å². The molecule has 0 unspecified atom stereocenters. The molecule has 0 aromatic carbocycles. The number of nitrogens with one attached hydrogen (secondary N) is 1. The lowest BCUT2D eigenvalue weighted by Crippen LogP contribution is -2.21. The van der Waals surface area contributed by atoms with Crippen LogP contribution in [-0.4, -0.2) is 21.3 Å². The van der Waals surface area contributed by atoms with Gasteiger partial charge in [-0.3, -0.25) is 4.79 Å². The minimum Gasteiger partial charge on any atom is -0.362 e. The molecule has 0 fully saturated rings. The zero-order valence-electron chi connectivity index (χ0n) is 10.7. The molecular formula is C12H16N4OS. The molecule has 0 aliphatic heterocycles. The van der Waals surface area contributed by atoms with Crippen LogP contribution in [0.3, 0.4) is 0 Å². The Balaban J connectivity index is 2.37. The maximum atomic E-state index is 12.0. The zero-order chi connectivity index (χ0) is 13.1. The van der Waals surface area contributed by atoms with Crippen molar-refractivity contribution in [1.29, 1.82) is 0 Å². The number of hydrogen-bond donors (Lipinski definition) is 1. The number of rotatable bonds is 4. The highest BCUT2D eigenvalue weighted by Gasteiger charge is 2.10. The van der Waals surface area contributed by atoms with Gasteiger partial charge in [-0.2, -0.15) is 5.10 Å². The van der Waals surface area contributed by atoms with Crippen LogP contribution in [0.15, 0.2) is 16.2 Å². The van der Waals surface area contributed by atoms with E-state index >= 15 is 0 Å². The lowest BCUT2D eigenvalue weighted by atomic mass is 10.2. The van der Waals surface area contributed by atoms with E-state index in [9.17, 15) is 4.79 Å². The van der Waals surface area contributed by atoms with E-state index in [1.54, 1.807) is 13.1 Å². The van der Waals surface area contributed by atoms with Crippen LogP contribution in [0.1, 0.15) is 19.0 Å². The maximum Gasteiger partial charge on any atom is 0.275 e. The Morgan fingerprint density at radius 3 is 3.00 bits per heavy atom. The van der Waals surface area contributed by atoms with Crippen LogP contribution >= 0.6 is 11.3 Å². The highest BCUT2D eigenvalue weighted by atomic mass is 32.1. The molecule has 0 bridgehead atoms. The van der Waals surface area contributed by atoms with Crippen molar-refractivity contribution in [2.75, 3.05) is 11.9 Å². The van der Waals surface area contributed by atoms with E-state index in [1.807, 2.05) is 12.3 Å². The number of nitrogens with zero attached hydrogens (tertiary/aromatic N) is 3. The normalized spacial score (nSPS) is 10.6. The molecule has 0 aliphatic rings. The van der Waals surface area contributed by atoms with Crippen LogP contribution in [0, 0.1) is 6.92 Å². The lowest BCUT2D eigenvalue weighted by molar-refractivity contribution is 0.694. The van der Waals surface area contributed by atoms with E-state index in [4.69, 9.17) is 0 Å². The smallest absolute Gasteiger partial charge is 0.275 e. The molecule has 0 saturated carbocycles. The molecule has 18 heavy (non-hydrogen) atoms. The van der Waals surface area contributed by atoms with E-state index in [2.05, 4.69) is 22.3 Å². The van der Waals surface area contributed by atoms with Gasteiger partial charge in [-0.1, -0.05) is 6.92 Å².